The number of amides is 1. The summed E-state index contributed by atoms with van der Waals surface area (Å²) in [4.78, 5) is 27.1. The fraction of sp³-hybridized carbons (Fsp3) is 0.278. The van der Waals surface area contributed by atoms with E-state index >= 15 is 0 Å². The molecule has 1 N–H and O–H groups in total. The molecule has 2 heterocycles. The number of hydrogen-bond acceptors (Lipinski definition) is 5. The molecule has 0 aliphatic heterocycles. The van der Waals surface area contributed by atoms with Crippen LogP contribution >= 0.6 is 0 Å². The van der Waals surface area contributed by atoms with Crippen molar-refractivity contribution in [3.8, 4) is 0 Å². The Morgan fingerprint density at radius 3 is 2.77 bits per heavy atom. The minimum absolute atomic E-state index is 0.0572. The fourth-order valence-electron chi connectivity index (χ4n) is 2.96. The predicted octanol–water partition coefficient (Wildman–Crippen LogP) is 3.13. The van der Waals surface area contributed by atoms with Crippen molar-refractivity contribution in [2.75, 3.05) is 5.32 Å². The van der Waals surface area contributed by atoms with E-state index in [0.29, 0.717) is 12.1 Å². The molecule has 0 saturated carbocycles. The molecule has 26 heavy (non-hydrogen) atoms. The summed E-state index contributed by atoms with van der Waals surface area (Å²) in [5.41, 5.74) is 4.85. The number of aromatic nitrogens is 3. The summed E-state index contributed by atoms with van der Waals surface area (Å²) in [7, 11) is 0. The van der Waals surface area contributed by atoms with E-state index in [1.165, 1.54) is 12.1 Å². The van der Waals surface area contributed by atoms with E-state index in [9.17, 15) is 14.9 Å². The second-order valence-corrected chi connectivity index (χ2v) is 6.17. The summed E-state index contributed by atoms with van der Waals surface area (Å²) < 4.78 is 1.79. The van der Waals surface area contributed by atoms with E-state index in [2.05, 4.69) is 15.4 Å². The maximum absolute atomic E-state index is 12.2. The number of aryl methyl sites for hydroxylation is 3. The maximum Gasteiger partial charge on any atom is 0.271 e. The summed E-state index contributed by atoms with van der Waals surface area (Å²) in [6.07, 6.45) is 0.762. The van der Waals surface area contributed by atoms with Gasteiger partial charge in [-0.25, -0.2) is 9.50 Å². The first-order valence-corrected chi connectivity index (χ1v) is 8.22. The Morgan fingerprint density at radius 2 is 2.04 bits per heavy atom. The second-order valence-electron chi connectivity index (χ2n) is 6.17. The summed E-state index contributed by atoms with van der Waals surface area (Å²) >= 11 is 0. The predicted molar refractivity (Wildman–Crippen MR) is 97.2 cm³/mol. The zero-order valence-electron chi connectivity index (χ0n) is 14.8. The number of non-ortho nitro benzene ring substituents is 1. The van der Waals surface area contributed by atoms with Crippen LogP contribution in [0.5, 0.6) is 0 Å². The quantitative estimate of drug-likeness (QED) is 0.561. The monoisotopic (exact) mass is 353 g/mol. The van der Waals surface area contributed by atoms with Crippen LogP contribution in [0.2, 0.25) is 0 Å². The molecule has 1 aromatic carbocycles. The molecule has 0 aliphatic rings. The van der Waals surface area contributed by atoms with Gasteiger partial charge >= 0.3 is 0 Å². The lowest BCUT2D eigenvalue weighted by molar-refractivity contribution is -0.384. The van der Waals surface area contributed by atoms with Crippen molar-refractivity contribution < 1.29 is 9.72 Å². The molecule has 3 aromatic rings. The van der Waals surface area contributed by atoms with Crippen LogP contribution < -0.4 is 5.32 Å². The van der Waals surface area contributed by atoms with Crippen molar-refractivity contribution in [3.05, 3.63) is 63.1 Å². The lowest BCUT2D eigenvalue weighted by Crippen LogP contribution is -2.14. The van der Waals surface area contributed by atoms with Gasteiger partial charge < -0.3 is 5.32 Å². The number of fused-ring (bicyclic) bond motifs is 1. The lowest BCUT2D eigenvalue weighted by atomic mass is 10.1. The normalized spacial score (nSPS) is 10.9. The van der Waals surface area contributed by atoms with Gasteiger partial charge in [-0.3, -0.25) is 14.9 Å². The number of rotatable bonds is 5. The van der Waals surface area contributed by atoms with E-state index in [1.807, 2.05) is 26.8 Å². The van der Waals surface area contributed by atoms with Gasteiger partial charge in [-0.05, 0) is 38.8 Å². The van der Waals surface area contributed by atoms with Gasteiger partial charge in [-0.15, -0.1) is 0 Å². The van der Waals surface area contributed by atoms with Crippen molar-refractivity contribution in [1.29, 1.82) is 0 Å². The van der Waals surface area contributed by atoms with Gasteiger partial charge in [0.2, 0.25) is 5.91 Å². The van der Waals surface area contributed by atoms with Crippen LogP contribution in [0.1, 0.15) is 29.1 Å². The van der Waals surface area contributed by atoms with Crippen molar-refractivity contribution >= 4 is 22.9 Å². The molecular formula is C18H19N5O3. The van der Waals surface area contributed by atoms with Crippen LogP contribution in [-0.2, 0) is 11.2 Å². The van der Waals surface area contributed by atoms with Gasteiger partial charge in [-0.1, -0.05) is 6.07 Å². The van der Waals surface area contributed by atoms with E-state index < -0.39 is 4.92 Å². The minimum atomic E-state index is -0.491. The van der Waals surface area contributed by atoms with Crippen LogP contribution in [0, 0.1) is 30.9 Å². The third-order valence-electron chi connectivity index (χ3n) is 4.23. The smallest absolute Gasteiger partial charge is 0.271 e. The second kappa shape index (κ2) is 6.91. The molecule has 2 aromatic heterocycles. The van der Waals surface area contributed by atoms with E-state index in [1.54, 1.807) is 16.6 Å². The minimum Gasteiger partial charge on any atom is -0.326 e. The number of anilines is 1. The number of hydrogen-bond donors (Lipinski definition) is 1. The first-order chi connectivity index (χ1) is 12.3. The van der Waals surface area contributed by atoms with Crippen LogP contribution in [0.3, 0.4) is 0 Å². The Bertz CT molecular complexity index is 1010. The highest BCUT2D eigenvalue weighted by atomic mass is 16.6. The lowest BCUT2D eigenvalue weighted by Gasteiger charge is -2.11. The van der Waals surface area contributed by atoms with Crippen LogP contribution in [0.15, 0.2) is 30.3 Å². The van der Waals surface area contributed by atoms with Crippen molar-refractivity contribution in [2.24, 2.45) is 0 Å². The maximum atomic E-state index is 12.2. The van der Waals surface area contributed by atoms with Crippen molar-refractivity contribution in [1.82, 2.24) is 14.6 Å². The van der Waals surface area contributed by atoms with Crippen LogP contribution in [-0.4, -0.2) is 25.4 Å². The topological polar surface area (TPSA) is 102 Å². The average Bonchev–Trinajstić information content (AvgIpc) is 2.95. The van der Waals surface area contributed by atoms with E-state index in [4.69, 9.17) is 0 Å². The average molecular weight is 353 g/mol. The highest BCUT2D eigenvalue weighted by Crippen LogP contribution is 2.19. The molecule has 3 rings (SSSR count). The molecule has 134 valence electrons. The number of benzene rings is 1. The number of carbonyl (C=O) groups excluding carboxylic acids is 1. The molecule has 0 aliphatic carbocycles. The van der Waals surface area contributed by atoms with Gasteiger partial charge in [0.25, 0.3) is 5.69 Å². The Labute approximate surface area is 150 Å². The van der Waals surface area contributed by atoms with Gasteiger partial charge in [0.1, 0.15) is 0 Å². The zero-order chi connectivity index (χ0) is 18.8. The molecule has 0 unspecified atom stereocenters. The molecule has 0 fully saturated rings. The first kappa shape index (κ1) is 17.5. The van der Waals surface area contributed by atoms with Crippen molar-refractivity contribution in [3.63, 3.8) is 0 Å². The Morgan fingerprint density at radius 1 is 1.27 bits per heavy atom. The molecule has 0 radical (unpaired) electrons. The number of nitrogens with one attached hydrogen (secondary N) is 1. The van der Waals surface area contributed by atoms with Gasteiger partial charge in [0, 0.05) is 41.7 Å². The summed E-state index contributed by atoms with van der Waals surface area (Å²) in [5.74, 6) is -0.207. The molecular weight excluding hydrogens is 334 g/mol. The number of carbonyl (C=O) groups is 1. The third-order valence-corrected chi connectivity index (χ3v) is 4.23. The first-order valence-electron chi connectivity index (χ1n) is 8.22. The molecule has 8 nitrogen and oxygen atoms in total. The van der Waals surface area contributed by atoms with Crippen LogP contribution in [0.25, 0.3) is 5.65 Å². The highest BCUT2D eigenvalue weighted by Gasteiger charge is 2.13. The van der Waals surface area contributed by atoms with Crippen LogP contribution in [0.4, 0.5) is 11.4 Å². The largest absolute Gasteiger partial charge is 0.326 e. The Kier molecular flexibility index (Phi) is 4.66. The highest BCUT2D eigenvalue weighted by molar-refractivity contribution is 5.91. The van der Waals surface area contributed by atoms with Gasteiger partial charge in [0.05, 0.1) is 10.6 Å². The standard InChI is InChI=1S/C18H19N5O3/c1-11-9-17-19-12(2)16(13(3)22(17)21-11)7-8-18(24)20-14-5-4-6-15(10-14)23(25)26/h4-6,9-10H,7-8H2,1-3H3,(H,20,24). The van der Waals surface area contributed by atoms with E-state index in [0.717, 1.165) is 28.3 Å². The molecule has 0 atom stereocenters. The molecule has 1 amide bonds. The summed E-state index contributed by atoms with van der Waals surface area (Å²) in [5, 5.41) is 17.9. The number of nitrogens with zero attached hydrogens (tertiary/aromatic N) is 4. The Hall–Kier alpha value is -3.29. The van der Waals surface area contributed by atoms with E-state index in [-0.39, 0.29) is 18.0 Å². The number of nitro groups is 1. The number of nitro benzene ring substituents is 1. The zero-order valence-corrected chi connectivity index (χ0v) is 14.8. The molecule has 8 heteroatoms. The van der Waals surface area contributed by atoms with Crippen molar-refractivity contribution in [2.45, 2.75) is 33.6 Å². The third kappa shape index (κ3) is 3.53. The van der Waals surface area contributed by atoms with Gasteiger partial charge in [-0.2, -0.15) is 5.10 Å². The molecule has 0 spiro atoms. The summed E-state index contributed by atoms with van der Waals surface area (Å²) in [6.45, 7) is 5.79. The molecule has 0 saturated heterocycles. The summed E-state index contributed by atoms with van der Waals surface area (Å²) in [6, 6.07) is 7.81. The molecule has 0 bridgehead atoms. The Balaban J connectivity index is 1.73. The van der Waals surface area contributed by atoms with Gasteiger partial charge in [0.15, 0.2) is 5.65 Å². The SMILES string of the molecule is Cc1cc2nc(C)c(CCC(=O)Nc3cccc([N+](=O)[O-])c3)c(C)n2n1. The fourth-order valence-corrected chi connectivity index (χ4v) is 2.96.